The highest BCUT2D eigenvalue weighted by molar-refractivity contribution is 4.70. The minimum atomic E-state index is 2.00. The average Bonchev–Trinajstić information content (AvgIpc) is 1.61. The van der Waals surface area contributed by atoms with Gasteiger partial charge >= 0.3 is 0 Å². The zero-order chi connectivity index (χ0) is 4.57. The normalized spacial score (nSPS) is 9.67. The molecule has 0 saturated carbocycles. The Balaban J connectivity index is 2.87. The lowest BCUT2D eigenvalue weighted by Crippen LogP contribution is -2.11. The average molecular weight is 84.1 g/mol. The Morgan fingerprint density at radius 3 is 1.33 bits per heavy atom. The summed E-state index contributed by atoms with van der Waals surface area (Å²) in [7, 11) is 4.00. The van der Waals surface area contributed by atoms with Gasteiger partial charge in [0.1, 0.15) is 0 Å². The van der Waals surface area contributed by atoms with Gasteiger partial charge in [-0.2, -0.15) is 0 Å². The van der Waals surface area contributed by atoms with Crippen LogP contribution >= 0.6 is 0 Å². The molecule has 0 aliphatic heterocycles. The number of nitrogens with zero attached hydrogens (tertiary/aromatic N) is 2. The van der Waals surface area contributed by atoms with E-state index in [0.29, 0.717) is 0 Å². The van der Waals surface area contributed by atoms with Crippen molar-refractivity contribution < 1.29 is 0 Å². The number of hydrogen-bond donors (Lipinski definition) is 0. The fourth-order valence-corrected chi connectivity index (χ4v) is 0.333. The van der Waals surface area contributed by atoms with Gasteiger partial charge < -0.3 is 0 Å². The largest absolute Gasteiger partial charge is 0.295 e. The number of aromatic nitrogens is 2. The first kappa shape index (κ1) is 3.53. The van der Waals surface area contributed by atoms with Crippen LogP contribution in [0.15, 0.2) is 12.4 Å². The van der Waals surface area contributed by atoms with Gasteiger partial charge in [0.05, 0.1) is 0 Å². The third-order valence-electron chi connectivity index (χ3n) is 0.996. The lowest BCUT2D eigenvalue weighted by Gasteiger charge is -2.09. The molecule has 0 bridgehead atoms. The molecule has 0 radical (unpaired) electrons. The van der Waals surface area contributed by atoms with E-state index in [-0.39, 0.29) is 0 Å². The molecule has 2 heteroatoms. The minimum Gasteiger partial charge on any atom is -0.295 e. The summed E-state index contributed by atoms with van der Waals surface area (Å²) in [6.45, 7) is 0. The molecule has 34 valence electrons. The van der Waals surface area contributed by atoms with Crippen LogP contribution in [0, 0.1) is 0 Å². The summed E-state index contributed by atoms with van der Waals surface area (Å²) in [6, 6.07) is 0. The molecule has 1 aromatic rings. The third kappa shape index (κ3) is 0.263. The van der Waals surface area contributed by atoms with Crippen molar-refractivity contribution >= 4 is 0 Å². The molecule has 0 aliphatic carbocycles. The van der Waals surface area contributed by atoms with Gasteiger partial charge in [-0.1, -0.05) is 0 Å². The first-order chi connectivity index (χ1) is 2.80. The second-order valence-electron chi connectivity index (χ2n) is 1.45. The van der Waals surface area contributed by atoms with Crippen LogP contribution in [0.25, 0.3) is 0 Å². The molecule has 6 heavy (non-hydrogen) atoms. The van der Waals surface area contributed by atoms with Crippen molar-refractivity contribution in [3.05, 3.63) is 12.4 Å². The maximum atomic E-state index is 2.00. The van der Waals surface area contributed by atoms with Crippen LogP contribution in [0.3, 0.4) is 0 Å². The topological polar surface area (TPSA) is 9.86 Å². The lowest BCUT2D eigenvalue weighted by atomic mass is 10.8. The molecule has 0 N–H and O–H groups in total. The van der Waals surface area contributed by atoms with Crippen molar-refractivity contribution in [2.45, 2.75) is 0 Å². The molecule has 1 rings (SSSR count). The fourth-order valence-electron chi connectivity index (χ4n) is 0.333. The summed E-state index contributed by atoms with van der Waals surface area (Å²) in [5, 5.41) is 0. The maximum Gasteiger partial charge on any atom is 0.0387 e. The Morgan fingerprint density at radius 1 is 1.00 bits per heavy atom. The smallest absolute Gasteiger partial charge is 0.0387 e. The number of rotatable bonds is 0. The molecule has 1 heterocycles. The van der Waals surface area contributed by atoms with Gasteiger partial charge in [0, 0.05) is 26.5 Å². The Labute approximate surface area is 37.0 Å². The molecular weight excluding hydrogens is 76.1 g/mol. The Morgan fingerprint density at radius 2 is 1.33 bits per heavy atom. The molecule has 0 fully saturated rings. The third-order valence-corrected chi connectivity index (χ3v) is 0.996. The maximum absolute atomic E-state index is 2.00. The molecule has 0 atom stereocenters. The van der Waals surface area contributed by atoms with Crippen LogP contribution in [0.4, 0.5) is 0 Å². The Kier molecular flexibility index (Phi) is 0.528. The van der Waals surface area contributed by atoms with Crippen molar-refractivity contribution in [1.29, 1.82) is 0 Å². The van der Waals surface area contributed by atoms with Crippen LogP contribution in [0.2, 0.25) is 0 Å². The Hall–Kier alpha value is -0.660. The summed E-state index contributed by atoms with van der Waals surface area (Å²) in [4.78, 5) is 0. The summed E-state index contributed by atoms with van der Waals surface area (Å²) in [5.41, 5.74) is 0. The summed E-state index contributed by atoms with van der Waals surface area (Å²) in [5.74, 6) is 0. The number of aryl methyl sites for hydroxylation is 2. The summed E-state index contributed by atoms with van der Waals surface area (Å²) >= 11 is 0. The Bertz CT molecular complexity index is 111. The first-order valence-corrected chi connectivity index (χ1v) is 1.94. The zero-order valence-corrected chi connectivity index (χ0v) is 4.05. The van der Waals surface area contributed by atoms with E-state index in [1.54, 1.807) is 0 Å². The lowest BCUT2D eigenvalue weighted by molar-refractivity contribution is 0.525. The van der Waals surface area contributed by atoms with Gasteiger partial charge in [-0.15, -0.1) is 0 Å². The molecule has 0 unspecified atom stereocenters. The van der Waals surface area contributed by atoms with Crippen molar-refractivity contribution in [1.82, 2.24) is 9.36 Å². The van der Waals surface area contributed by atoms with Gasteiger partial charge in [-0.3, -0.25) is 9.36 Å². The van der Waals surface area contributed by atoms with Crippen LogP contribution in [0.5, 0.6) is 0 Å². The van der Waals surface area contributed by atoms with Gasteiger partial charge in [-0.25, -0.2) is 0 Å². The summed E-state index contributed by atoms with van der Waals surface area (Å²) < 4.78 is 4.00. The summed E-state index contributed by atoms with van der Waals surface area (Å²) in [6.07, 6.45) is 4.00. The quantitative estimate of drug-likeness (QED) is 0.429. The molecule has 0 spiro atoms. The molecule has 0 saturated heterocycles. The van der Waals surface area contributed by atoms with Crippen LogP contribution in [-0.2, 0) is 14.1 Å². The monoisotopic (exact) mass is 84.1 g/mol. The number of hydrogen-bond acceptors (Lipinski definition) is 0. The van der Waals surface area contributed by atoms with Gasteiger partial charge in [0.15, 0.2) is 0 Å². The highest BCUT2D eigenvalue weighted by Crippen LogP contribution is 1.81. The van der Waals surface area contributed by atoms with Crippen molar-refractivity contribution in [2.75, 3.05) is 0 Å². The van der Waals surface area contributed by atoms with Crippen LogP contribution in [0.1, 0.15) is 0 Å². The van der Waals surface area contributed by atoms with Gasteiger partial charge in [0.2, 0.25) is 0 Å². The van der Waals surface area contributed by atoms with E-state index in [1.807, 2.05) is 35.9 Å². The van der Waals surface area contributed by atoms with E-state index in [4.69, 9.17) is 0 Å². The highest BCUT2D eigenvalue weighted by atomic mass is 15.4. The van der Waals surface area contributed by atoms with Crippen LogP contribution < -0.4 is 0 Å². The molecule has 0 amide bonds. The molecule has 2 nitrogen and oxygen atoms in total. The molecule has 1 aromatic heterocycles. The van der Waals surface area contributed by atoms with E-state index in [9.17, 15) is 0 Å². The van der Waals surface area contributed by atoms with E-state index >= 15 is 0 Å². The van der Waals surface area contributed by atoms with Gasteiger partial charge in [-0.05, 0) is 0 Å². The van der Waals surface area contributed by atoms with Crippen molar-refractivity contribution in [2.24, 2.45) is 14.1 Å². The van der Waals surface area contributed by atoms with E-state index in [1.165, 1.54) is 0 Å². The van der Waals surface area contributed by atoms with Gasteiger partial charge in [0.25, 0.3) is 0 Å². The zero-order valence-electron chi connectivity index (χ0n) is 4.05. The minimum absolute atomic E-state index is 2.00. The fraction of sp³-hybridized carbons (Fsp3) is 0.500. The SMILES string of the molecule is Cn1ccn1C. The highest BCUT2D eigenvalue weighted by Gasteiger charge is 1.80. The second kappa shape index (κ2) is 0.899. The molecule has 0 aliphatic rings. The first-order valence-electron chi connectivity index (χ1n) is 1.94. The molecule has 0 aromatic carbocycles. The second-order valence-corrected chi connectivity index (χ2v) is 1.45. The molecular formula is C4H8N2. The van der Waals surface area contributed by atoms with E-state index in [0.717, 1.165) is 0 Å². The predicted octanol–water partition coefficient (Wildman–Crippen LogP) is 0.364. The van der Waals surface area contributed by atoms with Crippen LogP contribution in [-0.4, -0.2) is 9.36 Å². The van der Waals surface area contributed by atoms with Crippen molar-refractivity contribution in [3.8, 4) is 0 Å². The predicted molar refractivity (Wildman–Crippen MR) is 24.4 cm³/mol. The van der Waals surface area contributed by atoms with Crippen molar-refractivity contribution in [3.63, 3.8) is 0 Å². The van der Waals surface area contributed by atoms with E-state index < -0.39 is 0 Å². The van der Waals surface area contributed by atoms with E-state index in [2.05, 4.69) is 0 Å². The standard InChI is InChI=1S/C4H8N2/c1-5-3-4-6(5)2/h3-4H,1-2H3.